The van der Waals surface area contributed by atoms with Crippen molar-refractivity contribution in [3.05, 3.63) is 83.1 Å². The summed E-state index contributed by atoms with van der Waals surface area (Å²) in [5.74, 6) is -0.773. The molecule has 1 N–H and O–H groups in total. The third kappa shape index (κ3) is 5.22. The van der Waals surface area contributed by atoms with Crippen molar-refractivity contribution in [2.24, 2.45) is 0 Å². The summed E-state index contributed by atoms with van der Waals surface area (Å²) < 4.78 is 5.61. The van der Waals surface area contributed by atoms with Gasteiger partial charge in [-0.1, -0.05) is 48.5 Å². The Labute approximate surface area is 183 Å². The van der Waals surface area contributed by atoms with Gasteiger partial charge in [-0.2, -0.15) is 0 Å². The molecule has 2 aromatic rings. The molecule has 0 bridgehead atoms. The fourth-order valence-electron chi connectivity index (χ4n) is 3.56. The van der Waals surface area contributed by atoms with E-state index in [1.165, 1.54) is 6.08 Å². The van der Waals surface area contributed by atoms with Crippen LogP contribution < -0.4 is 4.74 Å². The number of amides is 1. The third-order valence-corrected chi connectivity index (χ3v) is 5.07. The number of carbonyl (C=O) groups excluding carboxylic acids is 2. The molecule has 2 aromatic carbocycles. The van der Waals surface area contributed by atoms with Crippen LogP contribution in [0, 0.1) is 0 Å². The Bertz CT molecular complexity index is 996. The fraction of sp³-hybridized carbons (Fsp3) is 0.280. The molecule has 1 amide bonds. The number of aliphatic hydroxyl groups excluding tert-OH is 1. The Balaban J connectivity index is 1.99. The van der Waals surface area contributed by atoms with Crippen LogP contribution in [0.5, 0.6) is 5.75 Å². The zero-order chi connectivity index (χ0) is 22.4. The lowest BCUT2D eigenvalue weighted by Crippen LogP contribution is -2.36. The molecule has 0 aromatic heterocycles. The van der Waals surface area contributed by atoms with E-state index in [9.17, 15) is 14.7 Å². The zero-order valence-corrected chi connectivity index (χ0v) is 18.1. The Morgan fingerprint density at radius 2 is 1.90 bits per heavy atom. The number of ether oxygens (including phenoxy) is 1. The minimum Gasteiger partial charge on any atom is -0.503 e. The summed E-state index contributed by atoms with van der Waals surface area (Å²) in [5.41, 5.74) is 1.67. The average molecular weight is 421 g/mol. The van der Waals surface area contributed by atoms with Crippen LogP contribution in [0.15, 0.2) is 72.0 Å². The van der Waals surface area contributed by atoms with Crippen molar-refractivity contribution >= 4 is 17.8 Å². The van der Waals surface area contributed by atoms with E-state index >= 15 is 0 Å². The first-order chi connectivity index (χ1) is 14.9. The van der Waals surface area contributed by atoms with E-state index in [2.05, 4.69) is 0 Å². The SMILES string of the molecule is CCOc1cccc(C2C(C(=O)C=Cc3ccccc3)=C(O)C(=O)N2CCN(C)C)c1. The molecule has 6 nitrogen and oxygen atoms in total. The number of allylic oxidation sites excluding steroid dienone is 1. The number of rotatable bonds is 9. The summed E-state index contributed by atoms with van der Waals surface area (Å²) in [5, 5.41) is 10.7. The molecule has 1 aliphatic heterocycles. The van der Waals surface area contributed by atoms with Crippen molar-refractivity contribution in [3.63, 3.8) is 0 Å². The molecule has 1 aliphatic rings. The highest BCUT2D eigenvalue weighted by Crippen LogP contribution is 2.38. The van der Waals surface area contributed by atoms with Crippen LogP contribution in [-0.4, -0.2) is 60.4 Å². The number of nitrogens with zero attached hydrogens (tertiary/aromatic N) is 2. The molecule has 0 aliphatic carbocycles. The highest BCUT2D eigenvalue weighted by molar-refractivity contribution is 6.14. The van der Waals surface area contributed by atoms with Crippen molar-refractivity contribution in [1.82, 2.24) is 9.80 Å². The molecule has 1 heterocycles. The van der Waals surface area contributed by atoms with Gasteiger partial charge in [-0.15, -0.1) is 0 Å². The van der Waals surface area contributed by atoms with Crippen molar-refractivity contribution in [1.29, 1.82) is 0 Å². The first-order valence-corrected chi connectivity index (χ1v) is 10.3. The summed E-state index contributed by atoms with van der Waals surface area (Å²) in [6.07, 6.45) is 3.09. The van der Waals surface area contributed by atoms with Gasteiger partial charge in [0.05, 0.1) is 18.2 Å². The Morgan fingerprint density at radius 1 is 1.16 bits per heavy atom. The van der Waals surface area contributed by atoms with Crippen LogP contribution in [0.1, 0.15) is 24.1 Å². The first kappa shape index (κ1) is 22.3. The van der Waals surface area contributed by atoms with Crippen LogP contribution >= 0.6 is 0 Å². The van der Waals surface area contributed by atoms with Gasteiger partial charge >= 0.3 is 0 Å². The molecule has 0 spiro atoms. The lowest BCUT2D eigenvalue weighted by atomic mass is 9.95. The van der Waals surface area contributed by atoms with Crippen LogP contribution in [0.3, 0.4) is 0 Å². The summed E-state index contributed by atoms with van der Waals surface area (Å²) in [6, 6.07) is 16.0. The predicted molar refractivity (Wildman–Crippen MR) is 121 cm³/mol. The van der Waals surface area contributed by atoms with E-state index in [4.69, 9.17) is 4.74 Å². The molecule has 6 heteroatoms. The topological polar surface area (TPSA) is 70.1 Å². The Morgan fingerprint density at radius 3 is 2.58 bits per heavy atom. The van der Waals surface area contributed by atoms with Gasteiger partial charge in [-0.05, 0) is 50.4 Å². The van der Waals surface area contributed by atoms with Crippen molar-refractivity contribution < 1.29 is 19.4 Å². The molecule has 3 rings (SSSR count). The largest absolute Gasteiger partial charge is 0.503 e. The standard InChI is InChI=1S/C25H28N2O4/c1-4-31-20-12-8-11-19(17-20)23-22(21(28)14-13-18-9-6-5-7-10-18)24(29)25(30)27(23)16-15-26(2)3/h5-14,17,23,29H,4,15-16H2,1-3H3. The van der Waals surface area contributed by atoms with Gasteiger partial charge in [-0.3, -0.25) is 9.59 Å². The summed E-state index contributed by atoms with van der Waals surface area (Å²) in [6.45, 7) is 3.37. The lowest BCUT2D eigenvalue weighted by Gasteiger charge is -2.28. The van der Waals surface area contributed by atoms with E-state index in [1.807, 2.05) is 80.5 Å². The van der Waals surface area contributed by atoms with E-state index in [1.54, 1.807) is 11.0 Å². The maximum Gasteiger partial charge on any atom is 0.290 e. The molecule has 31 heavy (non-hydrogen) atoms. The molecule has 1 unspecified atom stereocenters. The number of likely N-dealkylation sites (N-methyl/N-ethyl adjacent to an activating group) is 1. The lowest BCUT2D eigenvalue weighted by molar-refractivity contribution is -0.129. The smallest absolute Gasteiger partial charge is 0.290 e. The van der Waals surface area contributed by atoms with Crippen molar-refractivity contribution in [2.45, 2.75) is 13.0 Å². The Hall–Kier alpha value is -3.38. The first-order valence-electron chi connectivity index (χ1n) is 10.3. The van der Waals surface area contributed by atoms with Gasteiger partial charge in [0.2, 0.25) is 0 Å². The molecule has 0 saturated carbocycles. The second kappa shape index (κ2) is 10.1. The maximum atomic E-state index is 13.1. The highest BCUT2D eigenvalue weighted by Gasteiger charge is 2.42. The van der Waals surface area contributed by atoms with Gasteiger partial charge in [-0.25, -0.2) is 0 Å². The zero-order valence-electron chi connectivity index (χ0n) is 18.1. The van der Waals surface area contributed by atoms with Gasteiger partial charge < -0.3 is 19.6 Å². The quantitative estimate of drug-likeness (QED) is 0.628. The van der Waals surface area contributed by atoms with E-state index < -0.39 is 23.5 Å². The Kier molecular flexibility index (Phi) is 7.26. The molecule has 0 fully saturated rings. The highest BCUT2D eigenvalue weighted by atomic mass is 16.5. The second-order valence-corrected chi connectivity index (χ2v) is 7.58. The normalized spacial score (nSPS) is 16.6. The molecular weight excluding hydrogens is 392 g/mol. The van der Waals surface area contributed by atoms with Crippen molar-refractivity contribution in [3.8, 4) is 5.75 Å². The van der Waals surface area contributed by atoms with Gasteiger partial charge in [0, 0.05) is 13.1 Å². The number of ketones is 1. The number of hydrogen-bond acceptors (Lipinski definition) is 5. The van der Waals surface area contributed by atoms with E-state index in [-0.39, 0.29) is 5.57 Å². The number of hydrogen-bond donors (Lipinski definition) is 1. The number of carbonyl (C=O) groups is 2. The third-order valence-electron chi connectivity index (χ3n) is 5.07. The average Bonchev–Trinajstić information content (AvgIpc) is 3.02. The minimum atomic E-state index is -0.680. The molecule has 162 valence electrons. The number of benzene rings is 2. The van der Waals surface area contributed by atoms with Crippen LogP contribution in [0.4, 0.5) is 0 Å². The summed E-state index contributed by atoms with van der Waals surface area (Å²) >= 11 is 0. The number of aliphatic hydroxyl groups is 1. The minimum absolute atomic E-state index is 0.0876. The van der Waals surface area contributed by atoms with Crippen LogP contribution in [0.2, 0.25) is 0 Å². The van der Waals surface area contributed by atoms with E-state index in [0.29, 0.717) is 25.4 Å². The molecular formula is C25H28N2O4. The summed E-state index contributed by atoms with van der Waals surface area (Å²) in [7, 11) is 3.82. The maximum absolute atomic E-state index is 13.1. The van der Waals surface area contributed by atoms with Crippen LogP contribution in [0.25, 0.3) is 6.08 Å². The van der Waals surface area contributed by atoms with Crippen molar-refractivity contribution in [2.75, 3.05) is 33.8 Å². The summed E-state index contributed by atoms with van der Waals surface area (Å²) in [4.78, 5) is 29.5. The van der Waals surface area contributed by atoms with Gasteiger partial charge in [0.15, 0.2) is 11.5 Å². The molecule has 0 radical (unpaired) electrons. The second-order valence-electron chi connectivity index (χ2n) is 7.58. The predicted octanol–water partition coefficient (Wildman–Crippen LogP) is 3.62. The van der Waals surface area contributed by atoms with Gasteiger partial charge in [0.1, 0.15) is 5.75 Å². The van der Waals surface area contributed by atoms with E-state index in [0.717, 1.165) is 11.1 Å². The van der Waals surface area contributed by atoms with Crippen LogP contribution in [-0.2, 0) is 9.59 Å². The monoisotopic (exact) mass is 420 g/mol. The fourth-order valence-corrected chi connectivity index (χ4v) is 3.56. The van der Waals surface area contributed by atoms with Gasteiger partial charge in [0.25, 0.3) is 5.91 Å². The molecule has 1 atom stereocenters. The molecule has 0 saturated heterocycles.